The van der Waals surface area contributed by atoms with Crippen molar-refractivity contribution >= 4 is 12.0 Å². The van der Waals surface area contributed by atoms with Crippen molar-refractivity contribution in [3.63, 3.8) is 0 Å². The van der Waals surface area contributed by atoms with Gasteiger partial charge in [-0.2, -0.15) is 0 Å². The van der Waals surface area contributed by atoms with Gasteiger partial charge in [0.15, 0.2) is 0 Å². The van der Waals surface area contributed by atoms with E-state index in [4.69, 9.17) is 9.84 Å². The first kappa shape index (κ1) is 16.1. The fourth-order valence-electron chi connectivity index (χ4n) is 3.61. The molecule has 0 radical (unpaired) electrons. The molecule has 3 unspecified atom stereocenters. The van der Waals surface area contributed by atoms with Gasteiger partial charge < -0.3 is 20.1 Å². The standard InChI is InChI=1S/C15H26N2O4/c1-21-12(9-14(18)19)10-16-15(20)17-8-4-6-11-5-2-3-7-13(11)17/h11-13H,2-10H2,1H3,(H,16,20)(H,18,19). The summed E-state index contributed by atoms with van der Waals surface area (Å²) in [5.74, 6) is -0.267. The number of amides is 2. The number of piperidine rings is 1. The van der Waals surface area contributed by atoms with E-state index in [0.29, 0.717) is 12.0 Å². The number of urea groups is 1. The van der Waals surface area contributed by atoms with Crippen LogP contribution in [0.25, 0.3) is 0 Å². The highest BCUT2D eigenvalue weighted by molar-refractivity contribution is 5.75. The summed E-state index contributed by atoms with van der Waals surface area (Å²) in [6, 6.07) is 0.298. The molecule has 1 aliphatic carbocycles. The zero-order chi connectivity index (χ0) is 15.2. The van der Waals surface area contributed by atoms with Gasteiger partial charge in [-0.25, -0.2) is 4.79 Å². The van der Waals surface area contributed by atoms with E-state index < -0.39 is 12.1 Å². The molecule has 21 heavy (non-hydrogen) atoms. The first-order valence-corrected chi connectivity index (χ1v) is 7.91. The Hall–Kier alpha value is -1.30. The second kappa shape index (κ2) is 7.64. The molecule has 2 rings (SSSR count). The summed E-state index contributed by atoms with van der Waals surface area (Å²) in [5, 5.41) is 11.6. The molecule has 2 aliphatic rings. The Labute approximate surface area is 125 Å². The third-order valence-electron chi connectivity index (χ3n) is 4.72. The summed E-state index contributed by atoms with van der Waals surface area (Å²) in [7, 11) is 1.47. The third kappa shape index (κ3) is 4.33. The Balaban J connectivity index is 1.85. The minimum absolute atomic E-state index is 0.0703. The van der Waals surface area contributed by atoms with E-state index in [2.05, 4.69) is 5.32 Å². The molecule has 2 fully saturated rings. The van der Waals surface area contributed by atoms with E-state index in [1.807, 2.05) is 4.90 Å². The van der Waals surface area contributed by atoms with Crippen LogP contribution < -0.4 is 5.32 Å². The van der Waals surface area contributed by atoms with Crippen LogP contribution in [-0.4, -0.2) is 54.4 Å². The van der Waals surface area contributed by atoms with Crippen LogP contribution in [0.4, 0.5) is 4.79 Å². The molecule has 0 aromatic heterocycles. The quantitative estimate of drug-likeness (QED) is 0.811. The number of nitrogens with one attached hydrogen (secondary N) is 1. The van der Waals surface area contributed by atoms with E-state index in [1.165, 1.54) is 32.8 Å². The number of carboxylic acid groups (broad SMARTS) is 1. The van der Waals surface area contributed by atoms with E-state index in [0.717, 1.165) is 19.4 Å². The largest absolute Gasteiger partial charge is 0.481 e. The van der Waals surface area contributed by atoms with Gasteiger partial charge in [-0.3, -0.25) is 4.79 Å². The Morgan fingerprint density at radius 1 is 1.29 bits per heavy atom. The van der Waals surface area contributed by atoms with Crippen molar-refractivity contribution < 1.29 is 19.4 Å². The lowest BCUT2D eigenvalue weighted by molar-refractivity contribution is -0.139. The highest BCUT2D eigenvalue weighted by atomic mass is 16.5. The zero-order valence-electron chi connectivity index (χ0n) is 12.7. The SMILES string of the molecule is COC(CNC(=O)N1CCCC2CCCCC21)CC(=O)O. The minimum atomic E-state index is -0.915. The Bertz CT molecular complexity index is 373. The second-order valence-corrected chi connectivity index (χ2v) is 6.09. The number of hydrogen-bond acceptors (Lipinski definition) is 3. The number of likely N-dealkylation sites (tertiary alicyclic amines) is 1. The molecule has 3 atom stereocenters. The topological polar surface area (TPSA) is 78.9 Å². The molecule has 2 amide bonds. The number of carbonyl (C=O) groups is 2. The number of hydrogen-bond donors (Lipinski definition) is 2. The third-order valence-corrected chi connectivity index (χ3v) is 4.72. The first-order valence-electron chi connectivity index (χ1n) is 7.91. The van der Waals surface area contributed by atoms with Crippen molar-refractivity contribution in [2.24, 2.45) is 5.92 Å². The average molecular weight is 298 g/mol. The van der Waals surface area contributed by atoms with Crippen molar-refractivity contribution in [2.45, 2.75) is 57.1 Å². The summed E-state index contributed by atoms with van der Waals surface area (Å²) < 4.78 is 5.09. The number of nitrogens with zero attached hydrogens (tertiary/aromatic N) is 1. The van der Waals surface area contributed by atoms with Gasteiger partial charge in [0, 0.05) is 26.2 Å². The maximum Gasteiger partial charge on any atom is 0.317 e. The lowest BCUT2D eigenvalue weighted by atomic mass is 9.78. The van der Waals surface area contributed by atoms with Gasteiger partial charge in [-0.15, -0.1) is 0 Å². The van der Waals surface area contributed by atoms with Crippen LogP contribution in [0, 0.1) is 5.92 Å². The lowest BCUT2D eigenvalue weighted by Gasteiger charge is -2.44. The molecule has 2 N–H and O–H groups in total. The van der Waals surface area contributed by atoms with Gasteiger partial charge in [0.25, 0.3) is 0 Å². The summed E-state index contributed by atoms with van der Waals surface area (Å²) in [4.78, 5) is 25.0. The first-order chi connectivity index (χ1) is 10.1. The molecule has 0 aromatic rings. The van der Waals surface area contributed by atoms with Crippen LogP contribution in [0.15, 0.2) is 0 Å². The normalized spacial score (nSPS) is 26.8. The number of aliphatic carboxylic acids is 1. The Morgan fingerprint density at radius 3 is 2.71 bits per heavy atom. The molecule has 1 aliphatic heterocycles. The van der Waals surface area contributed by atoms with Crippen molar-refractivity contribution in [3.05, 3.63) is 0 Å². The van der Waals surface area contributed by atoms with Crippen LogP contribution in [-0.2, 0) is 9.53 Å². The predicted molar refractivity (Wildman–Crippen MR) is 78.1 cm³/mol. The monoisotopic (exact) mass is 298 g/mol. The summed E-state index contributed by atoms with van der Waals surface area (Å²) >= 11 is 0. The van der Waals surface area contributed by atoms with Crippen LogP contribution in [0.3, 0.4) is 0 Å². The number of methoxy groups -OCH3 is 1. The highest BCUT2D eigenvalue weighted by Gasteiger charge is 2.35. The molecule has 0 spiro atoms. The fourth-order valence-corrected chi connectivity index (χ4v) is 3.61. The molecule has 1 saturated carbocycles. The molecule has 0 bridgehead atoms. The molecule has 120 valence electrons. The molecule has 1 saturated heterocycles. The highest BCUT2D eigenvalue weighted by Crippen LogP contribution is 2.35. The van der Waals surface area contributed by atoms with Crippen LogP contribution in [0.2, 0.25) is 0 Å². The maximum absolute atomic E-state index is 12.4. The molecular formula is C15H26N2O4. The van der Waals surface area contributed by atoms with E-state index >= 15 is 0 Å². The van der Waals surface area contributed by atoms with E-state index in [9.17, 15) is 9.59 Å². The van der Waals surface area contributed by atoms with Crippen LogP contribution in [0.1, 0.15) is 44.9 Å². The summed E-state index contributed by atoms with van der Waals surface area (Å²) in [5.41, 5.74) is 0. The van der Waals surface area contributed by atoms with Crippen molar-refractivity contribution in [1.82, 2.24) is 10.2 Å². The van der Waals surface area contributed by atoms with Crippen LogP contribution >= 0.6 is 0 Å². The minimum Gasteiger partial charge on any atom is -0.481 e. The zero-order valence-corrected chi connectivity index (χ0v) is 12.7. The predicted octanol–water partition coefficient (Wildman–Crippen LogP) is 1.84. The van der Waals surface area contributed by atoms with Gasteiger partial charge >= 0.3 is 12.0 Å². The second-order valence-electron chi connectivity index (χ2n) is 6.09. The van der Waals surface area contributed by atoms with Gasteiger partial charge in [-0.05, 0) is 31.6 Å². The van der Waals surface area contributed by atoms with Crippen molar-refractivity contribution in [1.29, 1.82) is 0 Å². The summed E-state index contributed by atoms with van der Waals surface area (Å²) in [6.07, 6.45) is 6.54. The lowest BCUT2D eigenvalue weighted by Crippen LogP contribution is -2.54. The molecule has 1 heterocycles. The number of carboxylic acids is 1. The average Bonchev–Trinajstić information content (AvgIpc) is 2.50. The van der Waals surface area contributed by atoms with E-state index in [1.54, 1.807) is 0 Å². The van der Waals surface area contributed by atoms with Gasteiger partial charge in [-0.1, -0.05) is 12.8 Å². The van der Waals surface area contributed by atoms with E-state index in [-0.39, 0.29) is 19.0 Å². The molecule has 6 nitrogen and oxygen atoms in total. The Kier molecular flexibility index (Phi) is 5.85. The van der Waals surface area contributed by atoms with Gasteiger partial charge in [0.05, 0.1) is 12.5 Å². The Morgan fingerprint density at radius 2 is 2.00 bits per heavy atom. The van der Waals surface area contributed by atoms with Gasteiger partial charge in [0.2, 0.25) is 0 Å². The number of ether oxygens (including phenoxy) is 1. The van der Waals surface area contributed by atoms with Crippen LogP contribution in [0.5, 0.6) is 0 Å². The fraction of sp³-hybridized carbons (Fsp3) is 0.867. The molecule has 6 heteroatoms. The maximum atomic E-state index is 12.4. The molecular weight excluding hydrogens is 272 g/mol. The number of fused-ring (bicyclic) bond motifs is 1. The number of rotatable bonds is 5. The van der Waals surface area contributed by atoms with Crippen molar-refractivity contribution in [2.75, 3.05) is 20.2 Å². The van der Waals surface area contributed by atoms with Gasteiger partial charge in [0.1, 0.15) is 0 Å². The van der Waals surface area contributed by atoms with Crippen molar-refractivity contribution in [3.8, 4) is 0 Å². The smallest absolute Gasteiger partial charge is 0.317 e. The number of carbonyl (C=O) groups excluding carboxylic acids is 1. The summed E-state index contributed by atoms with van der Waals surface area (Å²) in [6.45, 7) is 1.05. The molecule has 0 aromatic carbocycles.